The van der Waals surface area contributed by atoms with Crippen molar-refractivity contribution in [3.63, 3.8) is 0 Å². The number of hydrogen-bond acceptors (Lipinski definition) is 7. The Labute approximate surface area is 118 Å². The molecule has 1 aromatic rings. The maximum absolute atomic E-state index is 12.9. The molecule has 0 saturated heterocycles. The molecule has 0 radical (unpaired) electrons. The molecule has 18 heavy (non-hydrogen) atoms. The molecule has 0 unspecified atom stereocenters. The minimum atomic E-state index is -5.17. The fourth-order valence-corrected chi connectivity index (χ4v) is 0.854. The van der Waals surface area contributed by atoms with Gasteiger partial charge in [0, 0.05) is 29.6 Å². The van der Waals surface area contributed by atoms with Gasteiger partial charge in [0.2, 0.25) is 0 Å². The van der Waals surface area contributed by atoms with Crippen molar-refractivity contribution >= 4 is 16.1 Å². The summed E-state index contributed by atoms with van der Waals surface area (Å²) < 4.78 is 47.0. The van der Waals surface area contributed by atoms with Crippen LogP contribution in [0.25, 0.3) is 0 Å². The molecule has 0 aliphatic heterocycles. The van der Waals surface area contributed by atoms with Crippen LogP contribution in [0.4, 0.5) is 10.1 Å². The average Bonchev–Trinajstić information content (AvgIpc) is 2.14. The number of benzene rings is 1. The summed E-state index contributed by atoms with van der Waals surface area (Å²) in [7, 11) is -5.17. The van der Waals surface area contributed by atoms with E-state index in [1.807, 2.05) is 0 Å². The minimum Gasteiger partial charge on any atom is -0.759 e. The number of phenolic OH excluding ortho intramolecular Hbond substituents is 1. The van der Waals surface area contributed by atoms with Crippen LogP contribution in [0.3, 0.4) is 0 Å². The summed E-state index contributed by atoms with van der Waals surface area (Å²) in [4.78, 5) is 0. The Bertz CT molecular complexity index is 449. The van der Waals surface area contributed by atoms with Gasteiger partial charge in [-0.15, -0.1) is 0 Å². The number of rotatable bonds is 3. The third kappa shape index (κ3) is 11.7. The molecule has 0 aromatic heterocycles. The van der Waals surface area contributed by atoms with Crippen LogP contribution in [-0.4, -0.2) is 35.7 Å². The van der Waals surface area contributed by atoms with Crippen LogP contribution in [0.2, 0.25) is 0 Å². The number of hydrogen-bond donors (Lipinski definition) is 3. The Kier molecular flexibility index (Phi) is 10.1. The van der Waals surface area contributed by atoms with Crippen LogP contribution in [0.5, 0.6) is 5.75 Å². The Morgan fingerprint density at radius 2 is 1.89 bits per heavy atom. The molecule has 4 N–H and O–H groups in total. The molecule has 0 saturated carbocycles. The monoisotopic (exact) mass is 461 g/mol. The smallest absolute Gasteiger partial charge is 0.759 e. The zero-order valence-corrected chi connectivity index (χ0v) is 12.0. The summed E-state index contributed by atoms with van der Waals surface area (Å²) >= 11 is 0. The molecule has 0 fully saturated rings. The summed E-state index contributed by atoms with van der Waals surface area (Å²) in [6, 6.07) is 3.95. The molecule has 10 heteroatoms. The van der Waals surface area contributed by atoms with Crippen LogP contribution in [0, 0.1) is 5.82 Å². The van der Waals surface area contributed by atoms with Crippen molar-refractivity contribution in [1.29, 1.82) is 0 Å². The van der Waals surface area contributed by atoms with Gasteiger partial charge in [0.05, 0.1) is 5.69 Å². The van der Waals surface area contributed by atoms with Crippen molar-refractivity contribution < 1.29 is 48.1 Å². The largest absolute Gasteiger partial charge is 2.00 e. The Morgan fingerprint density at radius 3 is 2.28 bits per heavy atom. The van der Waals surface area contributed by atoms with Gasteiger partial charge in [0.25, 0.3) is 0 Å². The predicted molar refractivity (Wildman–Crippen MR) is 56.1 cm³/mol. The Morgan fingerprint density at radius 1 is 1.39 bits per heavy atom. The van der Waals surface area contributed by atoms with E-state index in [2.05, 4.69) is 5.32 Å². The van der Waals surface area contributed by atoms with E-state index < -0.39 is 16.2 Å². The Hall–Kier alpha value is -0.732. The van der Waals surface area contributed by atoms with Crippen LogP contribution in [-0.2, 0) is 31.5 Å². The zero-order chi connectivity index (χ0) is 13.5. The standard InChI is InChI=1S/C8H11FN2O.H2O4S.Pt/c9-7-5-6(12)1-2-8(7)11-4-3-10;1-5(2,3)4;/h1-2,5,11-12H,3-4,10H2;(H2,1,2,3,4);/q;;+2/p-2. The average molecular weight is 461 g/mol. The topological polar surface area (TPSA) is 139 Å². The van der Waals surface area contributed by atoms with Crippen molar-refractivity contribution in [2.45, 2.75) is 0 Å². The predicted octanol–water partition coefficient (Wildman–Crippen LogP) is -0.439. The second kappa shape index (κ2) is 9.23. The van der Waals surface area contributed by atoms with Crippen molar-refractivity contribution in [3.8, 4) is 5.75 Å². The number of anilines is 1. The van der Waals surface area contributed by atoms with E-state index in [9.17, 15) is 4.39 Å². The van der Waals surface area contributed by atoms with Gasteiger partial charge in [-0.1, -0.05) is 0 Å². The zero-order valence-electron chi connectivity index (χ0n) is 8.91. The molecule has 1 rings (SSSR count). The fourth-order valence-electron chi connectivity index (χ4n) is 0.854. The van der Waals surface area contributed by atoms with Gasteiger partial charge in [-0.25, -0.2) is 4.39 Å². The van der Waals surface area contributed by atoms with Gasteiger partial charge in [0.1, 0.15) is 11.6 Å². The first-order valence-electron chi connectivity index (χ1n) is 4.33. The van der Waals surface area contributed by atoms with Gasteiger partial charge >= 0.3 is 21.1 Å². The fraction of sp³-hybridized carbons (Fsp3) is 0.250. The SMILES string of the molecule is NCCNc1ccc(O)cc1F.O=S(=O)([O-])[O-].[Pt+2]. The summed E-state index contributed by atoms with van der Waals surface area (Å²) in [5, 5.41) is 11.6. The third-order valence-electron chi connectivity index (χ3n) is 1.41. The van der Waals surface area contributed by atoms with Crippen LogP contribution in [0.1, 0.15) is 0 Å². The number of halogens is 1. The summed E-state index contributed by atoms with van der Waals surface area (Å²) in [6.07, 6.45) is 0. The number of nitrogens with one attached hydrogen (secondary N) is 1. The first-order chi connectivity index (χ1) is 7.74. The summed E-state index contributed by atoms with van der Waals surface area (Å²) in [5.41, 5.74) is 5.58. The molecule has 7 nitrogen and oxygen atoms in total. The quantitative estimate of drug-likeness (QED) is 0.315. The normalized spacial score (nSPS) is 9.78. The number of nitrogens with two attached hydrogens (primary N) is 1. The van der Waals surface area contributed by atoms with E-state index in [1.165, 1.54) is 12.1 Å². The number of phenols is 1. The van der Waals surface area contributed by atoms with Crippen LogP contribution in [0.15, 0.2) is 18.2 Å². The Balaban J connectivity index is 0. The van der Waals surface area contributed by atoms with Crippen molar-refractivity contribution in [1.82, 2.24) is 0 Å². The molecule has 0 aliphatic rings. The van der Waals surface area contributed by atoms with Gasteiger partial charge in [-0.2, -0.15) is 0 Å². The second-order valence-corrected chi connectivity index (χ2v) is 3.60. The van der Waals surface area contributed by atoms with Crippen molar-refractivity contribution in [3.05, 3.63) is 24.0 Å². The summed E-state index contributed by atoms with van der Waals surface area (Å²) in [5.74, 6) is -0.547. The minimum absolute atomic E-state index is 0. The molecule has 0 spiro atoms. The molecule has 106 valence electrons. The van der Waals surface area contributed by atoms with Gasteiger partial charge in [-0.3, -0.25) is 8.42 Å². The van der Waals surface area contributed by atoms with Crippen molar-refractivity contribution in [2.24, 2.45) is 5.73 Å². The molecule has 0 heterocycles. The molecule has 0 bridgehead atoms. The summed E-state index contributed by atoms with van der Waals surface area (Å²) in [6.45, 7) is 0.960. The molecule has 0 atom stereocenters. The van der Waals surface area contributed by atoms with Gasteiger partial charge in [-0.05, 0) is 12.1 Å². The first kappa shape index (κ1) is 19.6. The van der Waals surface area contributed by atoms with Gasteiger partial charge in [0.15, 0.2) is 0 Å². The third-order valence-corrected chi connectivity index (χ3v) is 1.41. The molecular formula is C8H11FN2O5PtS. The van der Waals surface area contributed by atoms with E-state index in [4.69, 9.17) is 28.4 Å². The molecule has 1 aromatic carbocycles. The van der Waals surface area contributed by atoms with Crippen LogP contribution < -0.4 is 11.1 Å². The molecular weight excluding hydrogens is 450 g/mol. The van der Waals surface area contributed by atoms with Crippen molar-refractivity contribution in [2.75, 3.05) is 18.4 Å². The molecule has 0 aliphatic carbocycles. The van der Waals surface area contributed by atoms with Gasteiger partial charge < -0.3 is 25.3 Å². The van der Waals surface area contributed by atoms with E-state index >= 15 is 0 Å². The van der Waals surface area contributed by atoms with E-state index in [1.54, 1.807) is 0 Å². The maximum atomic E-state index is 12.9. The van der Waals surface area contributed by atoms with E-state index in [0.29, 0.717) is 18.8 Å². The second-order valence-electron chi connectivity index (χ2n) is 2.79. The number of aromatic hydroxyl groups is 1. The maximum Gasteiger partial charge on any atom is 2.00 e. The van der Waals surface area contributed by atoms with E-state index in [0.717, 1.165) is 6.07 Å². The van der Waals surface area contributed by atoms with E-state index in [-0.39, 0.29) is 26.8 Å². The molecule has 0 amide bonds. The first-order valence-corrected chi connectivity index (χ1v) is 5.66. The van der Waals surface area contributed by atoms with Crippen LogP contribution >= 0.6 is 0 Å².